The number of sulfonamides is 1. The van der Waals surface area contributed by atoms with Crippen molar-refractivity contribution in [3.05, 3.63) is 86.5 Å². The third kappa shape index (κ3) is 4.42. The summed E-state index contributed by atoms with van der Waals surface area (Å²) in [6.45, 7) is 6.95. The van der Waals surface area contributed by atoms with Crippen LogP contribution in [0.2, 0.25) is 5.02 Å². The van der Waals surface area contributed by atoms with Crippen LogP contribution in [0.5, 0.6) is 0 Å². The molecule has 4 rings (SSSR count). The zero-order chi connectivity index (χ0) is 23.9. The van der Waals surface area contributed by atoms with Gasteiger partial charge in [0.25, 0.3) is 15.6 Å². The molecule has 0 aliphatic carbocycles. The molecule has 10 heteroatoms. The maximum absolute atomic E-state index is 13.1. The van der Waals surface area contributed by atoms with Crippen molar-refractivity contribution >= 4 is 27.3 Å². The number of benzene rings is 2. The van der Waals surface area contributed by atoms with Crippen molar-refractivity contribution in [2.24, 2.45) is 0 Å². The molecule has 2 aromatic carbocycles. The number of aromatic nitrogens is 3. The zero-order valence-corrected chi connectivity index (χ0v) is 20.0. The summed E-state index contributed by atoms with van der Waals surface area (Å²) in [6, 6.07) is 12.8. The first-order valence-corrected chi connectivity index (χ1v) is 11.9. The molecule has 0 atom stereocenters. The molecule has 0 aliphatic heterocycles. The van der Waals surface area contributed by atoms with Gasteiger partial charge >= 0.3 is 0 Å². The van der Waals surface area contributed by atoms with E-state index in [-0.39, 0.29) is 10.5 Å². The van der Waals surface area contributed by atoms with Gasteiger partial charge in [-0.05, 0) is 63.1 Å². The smallest absolute Gasteiger partial charge is 0.271 e. The lowest BCUT2D eigenvalue weighted by Crippen LogP contribution is -2.21. The van der Waals surface area contributed by atoms with E-state index in [1.54, 1.807) is 57.2 Å². The highest BCUT2D eigenvalue weighted by molar-refractivity contribution is 7.92. The van der Waals surface area contributed by atoms with E-state index in [1.165, 1.54) is 16.8 Å². The largest absolute Gasteiger partial charge is 0.359 e. The van der Waals surface area contributed by atoms with Gasteiger partial charge in [-0.15, -0.1) is 0 Å². The summed E-state index contributed by atoms with van der Waals surface area (Å²) in [4.78, 5) is 12.5. The Balaban J connectivity index is 1.77. The molecule has 0 fully saturated rings. The summed E-state index contributed by atoms with van der Waals surface area (Å²) in [5.41, 5.74) is 3.34. The van der Waals surface area contributed by atoms with Gasteiger partial charge in [0.15, 0.2) is 5.76 Å². The second kappa shape index (κ2) is 8.49. The second-order valence-corrected chi connectivity index (χ2v) is 9.75. The Morgan fingerprint density at radius 1 is 0.970 bits per heavy atom. The topological polar surface area (TPSA) is 107 Å². The molecule has 4 aromatic rings. The van der Waals surface area contributed by atoms with Crippen LogP contribution < -0.4 is 10.3 Å². The van der Waals surface area contributed by atoms with Crippen molar-refractivity contribution < 1.29 is 12.9 Å². The maximum atomic E-state index is 13.1. The summed E-state index contributed by atoms with van der Waals surface area (Å²) in [5, 5.41) is 8.77. The number of aryl methyl sites for hydroxylation is 4. The van der Waals surface area contributed by atoms with Crippen molar-refractivity contribution in [1.82, 2.24) is 14.9 Å². The Hall–Kier alpha value is -3.43. The first kappa shape index (κ1) is 22.8. The van der Waals surface area contributed by atoms with Gasteiger partial charge in [-0.25, -0.2) is 8.42 Å². The lowest BCUT2D eigenvalue weighted by Gasteiger charge is -2.13. The van der Waals surface area contributed by atoms with Gasteiger partial charge in [-0.2, -0.15) is 9.78 Å². The fraction of sp³-hybridized carbons (Fsp3) is 0.174. The zero-order valence-electron chi connectivity index (χ0n) is 18.4. The van der Waals surface area contributed by atoms with E-state index >= 15 is 0 Å². The quantitative estimate of drug-likeness (QED) is 0.444. The van der Waals surface area contributed by atoms with Gasteiger partial charge < -0.3 is 4.52 Å². The van der Waals surface area contributed by atoms with Crippen molar-refractivity contribution in [1.29, 1.82) is 0 Å². The summed E-state index contributed by atoms with van der Waals surface area (Å²) in [5.74, 6) is 0.451. The first-order chi connectivity index (χ1) is 15.6. The summed E-state index contributed by atoms with van der Waals surface area (Å²) in [7, 11) is -3.91. The molecular weight excluding hydrogens is 464 g/mol. The lowest BCUT2D eigenvalue weighted by molar-refractivity contribution is 0.392. The number of halogens is 1. The third-order valence-corrected chi connectivity index (χ3v) is 7.14. The molecule has 2 aromatic heterocycles. The Bertz CT molecular complexity index is 1520. The molecule has 0 unspecified atom stereocenters. The van der Waals surface area contributed by atoms with Crippen LogP contribution in [0, 0.1) is 27.7 Å². The number of nitrogens with one attached hydrogen (secondary N) is 1. The van der Waals surface area contributed by atoms with Gasteiger partial charge in [0.1, 0.15) is 11.4 Å². The van der Waals surface area contributed by atoms with E-state index in [0.29, 0.717) is 44.7 Å². The Kier molecular flexibility index (Phi) is 5.85. The molecule has 170 valence electrons. The summed E-state index contributed by atoms with van der Waals surface area (Å²) in [6.07, 6.45) is 0. The first-order valence-electron chi connectivity index (χ1n) is 10.0. The molecule has 0 bridgehead atoms. The van der Waals surface area contributed by atoms with E-state index in [1.807, 2.05) is 6.92 Å². The standard InChI is InChI=1S/C23H21ClN4O4S/c1-13-6-8-18(12-19(13)24)27-33(30,31)21-11-17(7-5-14(21)2)20-9-10-22(29)28(25-20)23-15(3)26-32-16(23)4/h5-12,27H,1-4H3. The molecule has 8 nitrogen and oxygen atoms in total. The van der Waals surface area contributed by atoms with E-state index in [4.69, 9.17) is 16.1 Å². The van der Waals surface area contributed by atoms with Crippen molar-refractivity contribution in [3.8, 4) is 16.9 Å². The monoisotopic (exact) mass is 484 g/mol. The number of hydrogen-bond donors (Lipinski definition) is 1. The van der Waals surface area contributed by atoms with Gasteiger partial charge in [0.2, 0.25) is 0 Å². The number of rotatable bonds is 5. The summed E-state index contributed by atoms with van der Waals surface area (Å²) < 4.78 is 35.2. The molecule has 0 aliphatic rings. The average molecular weight is 485 g/mol. The van der Waals surface area contributed by atoms with E-state index < -0.39 is 10.0 Å². The van der Waals surface area contributed by atoms with E-state index in [9.17, 15) is 13.2 Å². The average Bonchev–Trinajstić information content (AvgIpc) is 3.09. The molecule has 0 radical (unpaired) electrons. The minimum Gasteiger partial charge on any atom is -0.359 e. The van der Waals surface area contributed by atoms with Crippen LogP contribution in [0.3, 0.4) is 0 Å². The normalized spacial score (nSPS) is 11.5. The van der Waals surface area contributed by atoms with Gasteiger partial charge in [-0.1, -0.05) is 35.0 Å². The number of nitrogens with zero attached hydrogens (tertiary/aromatic N) is 3. The van der Waals surface area contributed by atoms with Crippen LogP contribution in [0.15, 0.2) is 62.7 Å². The molecule has 0 saturated heterocycles. The highest BCUT2D eigenvalue weighted by atomic mass is 35.5. The summed E-state index contributed by atoms with van der Waals surface area (Å²) >= 11 is 6.14. The highest BCUT2D eigenvalue weighted by Crippen LogP contribution is 2.27. The highest BCUT2D eigenvalue weighted by Gasteiger charge is 2.20. The Labute approximate surface area is 195 Å². The van der Waals surface area contributed by atoms with E-state index in [2.05, 4.69) is 15.0 Å². The SMILES string of the molecule is Cc1ccc(NS(=O)(=O)c2cc(-c3ccc(=O)n(-c4c(C)noc4C)n3)ccc2C)cc1Cl. The number of anilines is 1. The number of hydrogen-bond acceptors (Lipinski definition) is 6. The minimum atomic E-state index is -3.91. The van der Waals surface area contributed by atoms with Crippen molar-refractivity contribution in [3.63, 3.8) is 0 Å². The van der Waals surface area contributed by atoms with Crippen molar-refractivity contribution in [2.45, 2.75) is 32.6 Å². The van der Waals surface area contributed by atoms with Crippen LogP contribution in [0.25, 0.3) is 16.9 Å². The minimum absolute atomic E-state index is 0.0913. The van der Waals surface area contributed by atoms with Crippen LogP contribution in [-0.2, 0) is 10.0 Å². The van der Waals surface area contributed by atoms with Crippen LogP contribution >= 0.6 is 11.6 Å². The predicted octanol–water partition coefficient (Wildman–Crippen LogP) is 4.58. The van der Waals surface area contributed by atoms with Crippen molar-refractivity contribution in [2.75, 3.05) is 4.72 Å². The second-order valence-electron chi connectivity index (χ2n) is 7.69. The molecular formula is C23H21ClN4O4S. The van der Waals surface area contributed by atoms with Crippen LogP contribution in [-0.4, -0.2) is 23.4 Å². The van der Waals surface area contributed by atoms with Gasteiger partial charge in [0, 0.05) is 16.7 Å². The Morgan fingerprint density at radius 3 is 2.36 bits per heavy atom. The fourth-order valence-electron chi connectivity index (χ4n) is 3.42. The lowest BCUT2D eigenvalue weighted by atomic mass is 10.1. The Morgan fingerprint density at radius 2 is 1.70 bits per heavy atom. The van der Waals surface area contributed by atoms with Gasteiger partial charge in [0.05, 0.1) is 16.3 Å². The fourth-order valence-corrected chi connectivity index (χ4v) is 4.92. The van der Waals surface area contributed by atoms with Crippen LogP contribution in [0.4, 0.5) is 5.69 Å². The predicted molar refractivity (Wildman–Crippen MR) is 127 cm³/mol. The molecule has 1 N–H and O–H groups in total. The van der Waals surface area contributed by atoms with Gasteiger partial charge in [-0.3, -0.25) is 9.52 Å². The molecule has 0 spiro atoms. The third-order valence-electron chi connectivity index (χ3n) is 5.21. The molecule has 0 amide bonds. The molecule has 0 saturated carbocycles. The van der Waals surface area contributed by atoms with E-state index in [0.717, 1.165) is 5.56 Å². The van der Waals surface area contributed by atoms with Crippen LogP contribution in [0.1, 0.15) is 22.6 Å². The maximum Gasteiger partial charge on any atom is 0.271 e. The molecule has 2 heterocycles. The molecule has 33 heavy (non-hydrogen) atoms.